The van der Waals surface area contributed by atoms with Crippen LogP contribution in [0.2, 0.25) is 0 Å². The number of esters is 1. The number of carbonyl (C=O) groups excluding carboxylic acids is 1. The van der Waals surface area contributed by atoms with E-state index < -0.39 is 5.97 Å². The molecule has 0 saturated heterocycles. The quantitative estimate of drug-likeness (QED) is 0.600. The highest BCUT2D eigenvalue weighted by molar-refractivity contribution is 5.93. The summed E-state index contributed by atoms with van der Waals surface area (Å²) < 4.78 is 16.0. The Kier molecular flexibility index (Phi) is 5.21. The van der Waals surface area contributed by atoms with Gasteiger partial charge in [0.2, 0.25) is 0 Å². The van der Waals surface area contributed by atoms with Crippen LogP contribution in [0.25, 0.3) is 0 Å². The maximum Gasteiger partial charge on any atom is 0.347 e. The molecule has 0 heterocycles. The van der Waals surface area contributed by atoms with Crippen LogP contribution in [0, 0.1) is 0 Å². The van der Waals surface area contributed by atoms with Crippen molar-refractivity contribution in [3.63, 3.8) is 0 Å². The van der Waals surface area contributed by atoms with E-state index in [2.05, 4.69) is 0 Å². The monoisotopic (exact) mass is 286 g/mol. The summed E-state index contributed by atoms with van der Waals surface area (Å²) in [6, 6.07) is 13.9. The molecule has 0 atom stereocenters. The highest BCUT2D eigenvalue weighted by atomic mass is 16.5. The Morgan fingerprint density at radius 2 is 1.67 bits per heavy atom. The van der Waals surface area contributed by atoms with Crippen molar-refractivity contribution >= 4 is 5.97 Å². The van der Waals surface area contributed by atoms with Crippen molar-refractivity contribution in [1.82, 2.24) is 0 Å². The van der Waals surface area contributed by atoms with Crippen molar-refractivity contribution in [3.05, 3.63) is 54.1 Å². The first-order chi connectivity index (χ1) is 10.2. The van der Waals surface area contributed by atoms with E-state index in [-0.39, 0.29) is 0 Å². The van der Waals surface area contributed by atoms with Gasteiger partial charge in [0.15, 0.2) is 0 Å². The molecule has 0 aliphatic carbocycles. The second-order valence-electron chi connectivity index (χ2n) is 4.41. The number of hydrogen-bond acceptors (Lipinski definition) is 4. The first-order valence-corrected chi connectivity index (χ1v) is 6.82. The van der Waals surface area contributed by atoms with Crippen molar-refractivity contribution in [3.8, 4) is 17.2 Å². The summed E-state index contributed by atoms with van der Waals surface area (Å²) in [6.07, 6.45) is 0.949. The van der Waals surface area contributed by atoms with Crippen molar-refractivity contribution in [1.29, 1.82) is 0 Å². The van der Waals surface area contributed by atoms with Crippen LogP contribution < -0.4 is 14.2 Å². The summed E-state index contributed by atoms with van der Waals surface area (Å²) in [5.41, 5.74) is 0.395. The van der Waals surface area contributed by atoms with E-state index >= 15 is 0 Å². The number of ether oxygens (including phenoxy) is 3. The summed E-state index contributed by atoms with van der Waals surface area (Å²) in [7, 11) is 1.52. The fourth-order valence-electron chi connectivity index (χ4n) is 1.80. The zero-order chi connectivity index (χ0) is 15.1. The molecule has 2 rings (SSSR count). The van der Waals surface area contributed by atoms with E-state index in [4.69, 9.17) is 14.2 Å². The van der Waals surface area contributed by atoms with Gasteiger partial charge in [-0.15, -0.1) is 0 Å². The lowest BCUT2D eigenvalue weighted by Gasteiger charge is -2.09. The van der Waals surface area contributed by atoms with Gasteiger partial charge in [-0.2, -0.15) is 0 Å². The van der Waals surface area contributed by atoms with Crippen LogP contribution in [0.15, 0.2) is 48.5 Å². The summed E-state index contributed by atoms with van der Waals surface area (Å²) in [5, 5.41) is 0. The molecule has 0 aliphatic heterocycles. The predicted octanol–water partition coefficient (Wildman–Crippen LogP) is 3.70. The summed E-state index contributed by atoms with van der Waals surface area (Å²) >= 11 is 0. The Morgan fingerprint density at radius 3 is 2.33 bits per heavy atom. The molecule has 0 amide bonds. The van der Waals surface area contributed by atoms with Crippen LogP contribution in [0.5, 0.6) is 17.2 Å². The number of methoxy groups -OCH3 is 1. The molecule has 0 bridgehead atoms. The molecule has 4 heteroatoms. The lowest BCUT2D eigenvalue weighted by atomic mass is 10.2. The van der Waals surface area contributed by atoms with Gasteiger partial charge < -0.3 is 14.2 Å². The fraction of sp³-hybridized carbons (Fsp3) is 0.235. The minimum atomic E-state index is -0.449. The molecule has 4 nitrogen and oxygen atoms in total. The highest BCUT2D eigenvalue weighted by Gasteiger charge is 2.13. The normalized spacial score (nSPS) is 10.0. The second kappa shape index (κ2) is 7.33. The summed E-state index contributed by atoms with van der Waals surface area (Å²) in [4.78, 5) is 12.1. The van der Waals surface area contributed by atoms with Gasteiger partial charge in [0.05, 0.1) is 13.7 Å². The maximum absolute atomic E-state index is 12.1. The first-order valence-electron chi connectivity index (χ1n) is 6.82. The van der Waals surface area contributed by atoms with Crippen LogP contribution >= 0.6 is 0 Å². The molecule has 21 heavy (non-hydrogen) atoms. The molecule has 0 spiro atoms. The van der Waals surface area contributed by atoms with Gasteiger partial charge in [-0.05, 0) is 42.8 Å². The van der Waals surface area contributed by atoms with E-state index in [0.29, 0.717) is 23.7 Å². The summed E-state index contributed by atoms with van der Waals surface area (Å²) in [5.74, 6) is 1.27. The van der Waals surface area contributed by atoms with Crippen LogP contribution in [0.1, 0.15) is 23.7 Å². The van der Waals surface area contributed by atoms with Crippen molar-refractivity contribution in [2.24, 2.45) is 0 Å². The molecular formula is C17H18O4. The molecular weight excluding hydrogens is 268 g/mol. The summed E-state index contributed by atoms with van der Waals surface area (Å²) in [6.45, 7) is 2.71. The van der Waals surface area contributed by atoms with Gasteiger partial charge in [-0.1, -0.05) is 19.1 Å². The predicted molar refractivity (Wildman–Crippen MR) is 80.2 cm³/mol. The highest BCUT2D eigenvalue weighted by Crippen LogP contribution is 2.22. The van der Waals surface area contributed by atoms with Gasteiger partial charge in [0.1, 0.15) is 22.8 Å². The number of benzene rings is 2. The van der Waals surface area contributed by atoms with E-state index in [1.165, 1.54) is 7.11 Å². The zero-order valence-electron chi connectivity index (χ0n) is 12.2. The molecule has 0 saturated carbocycles. The maximum atomic E-state index is 12.1. The first kappa shape index (κ1) is 14.9. The molecule has 2 aromatic rings. The molecule has 110 valence electrons. The molecule has 0 aromatic heterocycles. The lowest BCUT2D eigenvalue weighted by molar-refractivity contribution is 0.0731. The molecule has 0 N–H and O–H groups in total. The zero-order valence-corrected chi connectivity index (χ0v) is 12.2. The molecule has 0 fully saturated rings. The molecule has 0 aliphatic rings. The van der Waals surface area contributed by atoms with Crippen LogP contribution in [0.3, 0.4) is 0 Å². The minimum Gasteiger partial charge on any atom is -0.496 e. The molecule has 0 unspecified atom stereocenters. The van der Waals surface area contributed by atoms with E-state index in [1.807, 2.05) is 6.92 Å². The van der Waals surface area contributed by atoms with E-state index in [1.54, 1.807) is 48.5 Å². The largest absolute Gasteiger partial charge is 0.496 e. The van der Waals surface area contributed by atoms with Gasteiger partial charge in [-0.25, -0.2) is 4.79 Å². The van der Waals surface area contributed by atoms with E-state index in [0.717, 1.165) is 12.2 Å². The fourth-order valence-corrected chi connectivity index (χ4v) is 1.80. The number of para-hydroxylation sites is 1. The van der Waals surface area contributed by atoms with Gasteiger partial charge in [0, 0.05) is 0 Å². The Bertz CT molecular complexity index is 590. The van der Waals surface area contributed by atoms with Crippen LogP contribution in [-0.4, -0.2) is 19.7 Å². The number of hydrogen-bond donors (Lipinski definition) is 0. The Hall–Kier alpha value is -2.49. The number of rotatable bonds is 6. The third-order valence-electron chi connectivity index (χ3n) is 2.83. The van der Waals surface area contributed by atoms with Crippen molar-refractivity contribution < 1.29 is 19.0 Å². The molecule has 0 radical (unpaired) electrons. The Balaban J connectivity index is 2.05. The third-order valence-corrected chi connectivity index (χ3v) is 2.83. The van der Waals surface area contributed by atoms with Crippen molar-refractivity contribution in [2.75, 3.05) is 13.7 Å². The molecule has 2 aromatic carbocycles. The van der Waals surface area contributed by atoms with Crippen LogP contribution in [-0.2, 0) is 0 Å². The average molecular weight is 286 g/mol. The van der Waals surface area contributed by atoms with Gasteiger partial charge >= 0.3 is 5.97 Å². The van der Waals surface area contributed by atoms with Crippen LogP contribution in [0.4, 0.5) is 0 Å². The van der Waals surface area contributed by atoms with Gasteiger partial charge in [-0.3, -0.25) is 0 Å². The number of carbonyl (C=O) groups is 1. The Morgan fingerprint density at radius 1 is 1.00 bits per heavy atom. The topological polar surface area (TPSA) is 44.8 Å². The smallest absolute Gasteiger partial charge is 0.347 e. The lowest BCUT2D eigenvalue weighted by Crippen LogP contribution is -2.10. The van der Waals surface area contributed by atoms with Gasteiger partial charge in [0.25, 0.3) is 0 Å². The van der Waals surface area contributed by atoms with Crippen molar-refractivity contribution in [2.45, 2.75) is 13.3 Å². The minimum absolute atomic E-state index is 0.395. The second-order valence-corrected chi connectivity index (χ2v) is 4.41. The third kappa shape index (κ3) is 3.99. The Labute approximate surface area is 124 Å². The standard InChI is InChI=1S/C17H18O4/c1-3-12-20-13-8-10-14(11-9-13)21-17(18)15-6-4-5-7-16(15)19-2/h4-11H,3,12H2,1-2H3. The SMILES string of the molecule is CCCOc1ccc(OC(=O)c2ccccc2OC)cc1. The van der Waals surface area contributed by atoms with E-state index in [9.17, 15) is 4.79 Å². The average Bonchev–Trinajstić information content (AvgIpc) is 2.54.